The first kappa shape index (κ1) is 14.6. The molecular formula is C13H15F3N2O2. The zero-order valence-corrected chi connectivity index (χ0v) is 10.7. The maximum Gasteiger partial charge on any atom is 0.267 e. The molecule has 110 valence electrons. The van der Waals surface area contributed by atoms with Crippen molar-refractivity contribution in [2.45, 2.75) is 12.3 Å². The number of nitrogens with zero attached hydrogens (tertiary/aromatic N) is 1. The van der Waals surface area contributed by atoms with Crippen molar-refractivity contribution in [3.8, 4) is 5.75 Å². The zero-order chi connectivity index (χ0) is 14.8. The Morgan fingerprint density at radius 1 is 1.45 bits per heavy atom. The van der Waals surface area contributed by atoms with Gasteiger partial charge in [0.2, 0.25) is 0 Å². The fraction of sp³-hybridized carbons (Fsp3) is 0.462. The van der Waals surface area contributed by atoms with E-state index in [4.69, 9.17) is 10.5 Å². The number of nitrogens with two attached hydrogens (primary N) is 1. The fourth-order valence-corrected chi connectivity index (χ4v) is 2.04. The van der Waals surface area contributed by atoms with Crippen LogP contribution in [0.15, 0.2) is 18.2 Å². The van der Waals surface area contributed by atoms with Gasteiger partial charge in [-0.15, -0.1) is 0 Å². The van der Waals surface area contributed by atoms with Crippen LogP contribution in [0.2, 0.25) is 0 Å². The van der Waals surface area contributed by atoms with E-state index >= 15 is 0 Å². The molecule has 0 aliphatic carbocycles. The first-order valence-corrected chi connectivity index (χ1v) is 6.22. The van der Waals surface area contributed by atoms with Crippen molar-refractivity contribution in [3.05, 3.63) is 29.6 Å². The number of benzene rings is 1. The highest BCUT2D eigenvalue weighted by molar-refractivity contribution is 5.97. The first-order chi connectivity index (χ1) is 9.43. The van der Waals surface area contributed by atoms with Crippen molar-refractivity contribution >= 4 is 5.91 Å². The van der Waals surface area contributed by atoms with Gasteiger partial charge < -0.3 is 15.4 Å². The fourth-order valence-electron chi connectivity index (χ4n) is 2.04. The minimum absolute atomic E-state index is 0.0569. The number of amides is 1. The molecular weight excluding hydrogens is 273 g/mol. The summed E-state index contributed by atoms with van der Waals surface area (Å²) in [4.78, 5) is 13.2. The van der Waals surface area contributed by atoms with E-state index in [1.54, 1.807) is 0 Å². The Bertz CT molecular complexity index is 508. The highest BCUT2D eigenvalue weighted by Crippen LogP contribution is 2.30. The smallest absolute Gasteiger partial charge is 0.267 e. The molecule has 20 heavy (non-hydrogen) atoms. The van der Waals surface area contributed by atoms with E-state index < -0.39 is 24.2 Å². The number of carbonyl (C=O) groups is 1. The Hall–Kier alpha value is -1.76. The summed E-state index contributed by atoms with van der Waals surface area (Å²) in [5.41, 5.74) is 5.24. The average Bonchev–Trinajstić information content (AvgIpc) is 2.77. The Morgan fingerprint density at radius 2 is 2.20 bits per heavy atom. The number of hydrogen-bond donors (Lipinski definition) is 1. The molecule has 1 saturated heterocycles. The maximum absolute atomic E-state index is 13.3. The van der Waals surface area contributed by atoms with Crippen LogP contribution in [0.25, 0.3) is 0 Å². The van der Waals surface area contributed by atoms with E-state index in [1.807, 2.05) is 0 Å². The van der Waals surface area contributed by atoms with E-state index in [2.05, 4.69) is 0 Å². The highest BCUT2D eigenvalue weighted by atomic mass is 19.3. The summed E-state index contributed by atoms with van der Waals surface area (Å²) >= 11 is 0. The van der Waals surface area contributed by atoms with Crippen molar-refractivity contribution in [1.29, 1.82) is 0 Å². The first-order valence-electron chi connectivity index (χ1n) is 6.22. The normalized spacial score (nSPS) is 17.3. The molecule has 1 amide bonds. The molecule has 0 saturated carbocycles. The van der Waals surface area contributed by atoms with E-state index in [-0.39, 0.29) is 37.4 Å². The van der Waals surface area contributed by atoms with Crippen LogP contribution in [0, 0.1) is 5.82 Å². The van der Waals surface area contributed by atoms with Gasteiger partial charge in [-0.2, -0.15) is 0 Å². The van der Waals surface area contributed by atoms with Crippen molar-refractivity contribution in [2.75, 3.05) is 26.2 Å². The average molecular weight is 288 g/mol. The SMILES string of the molecule is NCCOc1ccc(F)cc1C(=O)N1CCC(F)(F)C1. The molecule has 1 aliphatic rings. The molecule has 0 spiro atoms. The third-order valence-electron chi connectivity index (χ3n) is 3.00. The lowest BCUT2D eigenvalue weighted by Crippen LogP contribution is -2.31. The monoisotopic (exact) mass is 288 g/mol. The van der Waals surface area contributed by atoms with Gasteiger partial charge in [0.25, 0.3) is 11.8 Å². The van der Waals surface area contributed by atoms with Crippen molar-refractivity contribution in [1.82, 2.24) is 4.90 Å². The van der Waals surface area contributed by atoms with Crippen LogP contribution in [0.1, 0.15) is 16.8 Å². The lowest BCUT2D eigenvalue weighted by Gasteiger charge is -2.18. The van der Waals surface area contributed by atoms with Gasteiger partial charge in [-0.05, 0) is 18.2 Å². The Kier molecular flexibility index (Phi) is 4.17. The van der Waals surface area contributed by atoms with E-state index in [0.717, 1.165) is 17.0 Å². The molecule has 7 heteroatoms. The molecule has 0 aromatic heterocycles. The summed E-state index contributed by atoms with van der Waals surface area (Å²) in [6, 6.07) is 3.43. The van der Waals surface area contributed by atoms with Gasteiger partial charge >= 0.3 is 0 Å². The van der Waals surface area contributed by atoms with Crippen molar-refractivity contribution < 1.29 is 22.7 Å². The van der Waals surface area contributed by atoms with Gasteiger partial charge in [-0.25, -0.2) is 13.2 Å². The Morgan fingerprint density at radius 3 is 2.80 bits per heavy atom. The molecule has 0 bridgehead atoms. The van der Waals surface area contributed by atoms with Crippen LogP contribution in [0.5, 0.6) is 5.75 Å². The number of ether oxygens (including phenoxy) is 1. The number of alkyl halides is 2. The van der Waals surface area contributed by atoms with Crippen LogP contribution in [0.3, 0.4) is 0 Å². The van der Waals surface area contributed by atoms with Gasteiger partial charge in [-0.3, -0.25) is 4.79 Å². The minimum atomic E-state index is -2.89. The molecule has 1 aliphatic heterocycles. The second kappa shape index (κ2) is 5.70. The number of rotatable bonds is 4. The Labute approximate surface area is 114 Å². The summed E-state index contributed by atoms with van der Waals surface area (Å²) in [5, 5.41) is 0. The molecule has 1 aromatic carbocycles. The quantitative estimate of drug-likeness (QED) is 0.916. The molecule has 2 rings (SSSR count). The van der Waals surface area contributed by atoms with Crippen LogP contribution in [-0.2, 0) is 0 Å². The van der Waals surface area contributed by atoms with Crippen LogP contribution < -0.4 is 10.5 Å². The van der Waals surface area contributed by atoms with E-state index in [0.29, 0.717) is 0 Å². The molecule has 1 fully saturated rings. The molecule has 1 aromatic rings. The summed E-state index contributed by atoms with van der Waals surface area (Å²) in [6.07, 6.45) is -0.382. The number of halogens is 3. The predicted molar refractivity (Wildman–Crippen MR) is 66.4 cm³/mol. The van der Waals surface area contributed by atoms with Gasteiger partial charge in [-0.1, -0.05) is 0 Å². The predicted octanol–water partition coefficient (Wildman–Crippen LogP) is 1.64. The van der Waals surface area contributed by atoms with Crippen LogP contribution in [-0.4, -0.2) is 43.0 Å². The summed E-state index contributed by atoms with van der Waals surface area (Å²) < 4.78 is 44.8. The molecule has 0 unspecified atom stereocenters. The van der Waals surface area contributed by atoms with Crippen LogP contribution >= 0.6 is 0 Å². The summed E-state index contributed by atoms with van der Waals surface area (Å²) in [5.74, 6) is -4.02. The third-order valence-corrected chi connectivity index (χ3v) is 3.00. The number of hydrogen-bond acceptors (Lipinski definition) is 3. The molecule has 0 radical (unpaired) electrons. The summed E-state index contributed by atoms with van der Waals surface area (Å²) in [6.45, 7) is -0.327. The third kappa shape index (κ3) is 3.22. The number of carbonyl (C=O) groups excluding carboxylic acids is 1. The van der Waals surface area contributed by atoms with E-state index in [9.17, 15) is 18.0 Å². The van der Waals surface area contributed by atoms with Crippen LogP contribution in [0.4, 0.5) is 13.2 Å². The molecule has 2 N–H and O–H groups in total. The number of likely N-dealkylation sites (tertiary alicyclic amines) is 1. The zero-order valence-electron chi connectivity index (χ0n) is 10.7. The molecule has 0 atom stereocenters. The summed E-state index contributed by atoms with van der Waals surface area (Å²) in [7, 11) is 0. The molecule has 1 heterocycles. The lowest BCUT2D eigenvalue weighted by molar-refractivity contribution is 0.0119. The second-order valence-electron chi connectivity index (χ2n) is 4.61. The highest BCUT2D eigenvalue weighted by Gasteiger charge is 2.41. The Balaban J connectivity index is 2.22. The van der Waals surface area contributed by atoms with E-state index in [1.165, 1.54) is 6.07 Å². The van der Waals surface area contributed by atoms with Crippen molar-refractivity contribution in [2.24, 2.45) is 5.73 Å². The maximum atomic E-state index is 13.3. The largest absolute Gasteiger partial charge is 0.491 e. The topological polar surface area (TPSA) is 55.6 Å². The van der Waals surface area contributed by atoms with Crippen molar-refractivity contribution in [3.63, 3.8) is 0 Å². The lowest BCUT2D eigenvalue weighted by atomic mass is 10.1. The van der Waals surface area contributed by atoms with Gasteiger partial charge in [0.15, 0.2) is 0 Å². The standard InChI is InChI=1S/C13H15F3N2O2/c14-9-1-2-11(20-6-4-17)10(7-9)12(19)18-5-3-13(15,16)8-18/h1-2,7H,3-6,8,17H2. The minimum Gasteiger partial charge on any atom is -0.491 e. The van der Waals surface area contributed by atoms with Gasteiger partial charge in [0.05, 0.1) is 12.1 Å². The van der Waals surface area contributed by atoms with Gasteiger partial charge in [0.1, 0.15) is 18.2 Å². The van der Waals surface area contributed by atoms with Gasteiger partial charge in [0, 0.05) is 19.5 Å². The second-order valence-corrected chi connectivity index (χ2v) is 4.61. The molecule has 4 nitrogen and oxygen atoms in total.